The first-order chi connectivity index (χ1) is 8.79. The van der Waals surface area contributed by atoms with E-state index in [0.717, 1.165) is 36.1 Å². The van der Waals surface area contributed by atoms with Gasteiger partial charge in [-0.25, -0.2) is 0 Å². The molecule has 0 amide bonds. The monoisotopic (exact) mass is 266 g/mol. The maximum atomic E-state index is 5.48. The molecule has 0 saturated carbocycles. The number of thiol groups is 1. The average molecular weight is 266 g/mol. The van der Waals surface area contributed by atoms with Crippen LogP contribution in [0, 0.1) is 5.92 Å². The lowest BCUT2D eigenvalue weighted by Crippen LogP contribution is -2.31. The van der Waals surface area contributed by atoms with E-state index in [-0.39, 0.29) is 0 Å². The van der Waals surface area contributed by atoms with Crippen molar-refractivity contribution in [3.63, 3.8) is 0 Å². The standard InChI is InChI=1S/C8H8OS.C6H14N2/c10-7-2-1-6-3-4-9-8(6)5-7;7-5-6-1-3-8-4-2-6/h1-2,5,10H,3-4H2;6,8H,1-5,7H2. The van der Waals surface area contributed by atoms with Crippen LogP contribution in [-0.4, -0.2) is 26.2 Å². The second kappa shape index (κ2) is 7.02. The molecular formula is C14H22N2OS. The number of ether oxygens (including phenoxy) is 1. The van der Waals surface area contributed by atoms with Crippen LogP contribution in [0.5, 0.6) is 5.75 Å². The van der Waals surface area contributed by atoms with Gasteiger partial charge in [-0.15, -0.1) is 12.6 Å². The molecule has 0 radical (unpaired) electrons. The first-order valence-corrected chi connectivity index (χ1v) is 7.10. The van der Waals surface area contributed by atoms with E-state index in [0.29, 0.717) is 0 Å². The highest BCUT2D eigenvalue weighted by atomic mass is 32.1. The summed E-state index contributed by atoms with van der Waals surface area (Å²) in [5.74, 6) is 1.81. The predicted octanol–water partition coefficient (Wildman–Crippen LogP) is 1.85. The average Bonchev–Trinajstić information content (AvgIpc) is 2.87. The lowest BCUT2D eigenvalue weighted by molar-refractivity contribution is 0.356. The third-order valence-electron chi connectivity index (χ3n) is 3.47. The van der Waals surface area contributed by atoms with Crippen molar-refractivity contribution < 1.29 is 4.74 Å². The SMILES string of the molecule is NCC1CCNCC1.Sc1ccc2c(c1)OCC2. The Morgan fingerprint density at radius 3 is 2.78 bits per heavy atom. The number of nitrogens with two attached hydrogens (primary N) is 1. The number of rotatable bonds is 1. The van der Waals surface area contributed by atoms with Gasteiger partial charge in [-0.05, 0) is 56.1 Å². The van der Waals surface area contributed by atoms with Gasteiger partial charge in [0, 0.05) is 11.3 Å². The Morgan fingerprint density at radius 2 is 2.11 bits per heavy atom. The highest BCUT2D eigenvalue weighted by Gasteiger charge is 2.10. The van der Waals surface area contributed by atoms with Crippen molar-refractivity contribution in [2.75, 3.05) is 26.2 Å². The topological polar surface area (TPSA) is 47.3 Å². The molecule has 1 aromatic rings. The molecule has 0 atom stereocenters. The van der Waals surface area contributed by atoms with E-state index in [9.17, 15) is 0 Å². The van der Waals surface area contributed by atoms with Crippen molar-refractivity contribution in [2.45, 2.75) is 24.2 Å². The molecule has 0 aliphatic carbocycles. The molecule has 100 valence electrons. The van der Waals surface area contributed by atoms with Gasteiger partial charge in [0.05, 0.1) is 6.61 Å². The highest BCUT2D eigenvalue weighted by molar-refractivity contribution is 7.80. The Balaban J connectivity index is 0.000000138. The number of nitrogens with one attached hydrogen (secondary N) is 1. The molecule has 1 fully saturated rings. The van der Waals surface area contributed by atoms with E-state index in [4.69, 9.17) is 10.5 Å². The molecule has 4 heteroatoms. The van der Waals surface area contributed by atoms with Crippen LogP contribution in [0.3, 0.4) is 0 Å². The first-order valence-electron chi connectivity index (χ1n) is 6.65. The molecule has 2 heterocycles. The van der Waals surface area contributed by atoms with E-state index in [1.54, 1.807) is 0 Å². The van der Waals surface area contributed by atoms with Crippen molar-refractivity contribution in [2.24, 2.45) is 11.7 Å². The van der Waals surface area contributed by atoms with E-state index < -0.39 is 0 Å². The quantitative estimate of drug-likeness (QED) is 0.680. The molecule has 0 aromatic heterocycles. The summed E-state index contributed by atoms with van der Waals surface area (Å²) in [6.45, 7) is 4.04. The van der Waals surface area contributed by atoms with Gasteiger partial charge < -0.3 is 15.8 Å². The van der Waals surface area contributed by atoms with Crippen molar-refractivity contribution in [3.8, 4) is 5.75 Å². The van der Waals surface area contributed by atoms with Crippen molar-refractivity contribution >= 4 is 12.6 Å². The molecule has 0 bridgehead atoms. The van der Waals surface area contributed by atoms with Crippen LogP contribution in [0.1, 0.15) is 18.4 Å². The summed E-state index contributed by atoms with van der Waals surface area (Å²) in [5.41, 5.74) is 6.78. The molecule has 1 aromatic carbocycles. The Labute approximate surface area is 115 Å². The third-order valence-corrected chi connectivity index (χ3v) is 3.75. The summed E-state index contributed by atoms with van der Waals surface area (Å²) in [4.78, 5) is 0.973. The van der Waals surface area contributed by atoms with E-state index in [2.05, 4.69) is 24.0 Å². The first kappa shape index (κ1) is 13.7. The molecule has 2 aliphatic heterocycles. The molecule has 2 aliphatic rings. The van der Waals surface area contributed by atoms with Crippen LogP contribution >= 0.6 is 12.6 Å². The summed E-state index contributed by atoms with van der Waals surface area (Å²) in [6, 6.07) is 6.03. The van der Waals surface area contributed by atoms with Gasteiger partial charge >= 0.3 is 0 Å². The number of fused-ring (bicyclic) bond motifs is 1. The highest BCUT2D eigenvalue weighted by Crippen LogP contribution is 2.27. The number of hydrogen-bond donors (Lipinski definition) is 3. The van der Waals surface area contributed by atoms with Crippen LogP contribution in [0.2, 0.25) is 0 Å². The smallest absolute Gasteiger partial charge is 0.123 e. The van der Waals surface area contributed by atoms with Crippen molar-refractivity contribution in [1.29, 1.82) is 0 Å². The summed E-state index contributed by atoms with van der Waals surface area (Å²) in [7, 11) is 0. The van der Waals surface area contributed by atoms with Crippen LogP contribution in [-0.2, 0) is 6.42 Å². The maximum Gasteiger partial charge on any atom is 0.123 e. The minimum Gasteiger partial charge on any atom is -0.493 e. The summed E-state index contributed by atoms with van der Waals surface area (Å²) >= 11 is 4.20. The lowest BCUT2D eigenvalue weighted by atomic mass is 9.99. The summed E-state index contributed by atoms with van der Waals surface area (Å²) in [5, 5.41) is 3.29. The van der Waals surface area contributed by atoms with E-state index >= 15 is 0 Å². The summed E-state index contributed by atoms with van der Waals surface area (Å²) < 4.78 is 5.33. The molecule has 0 unspecified atom stereocenters. The maximum absolute atomic E-state index is 5.48. The Bertz CT molecular complexity index is 378. The van der Waals surface area contributed by atoms with Crippen LogP contribution in [0.4, 0.5) is 0 Å². The summed E-state index contributed by atoms with van der Waals surface area (Å²) in [6.07, 6.45) is 3.59. The largest absolute Gasteiger partial charge is 0.493 e. The van der Waals surface area contributed by atoms with Gasteiger partial charge in [-0.2, -0.15) is 0 Å². The molecule has 3 N–H and O–H groups in total. The van der Waals surface area contributed by atoms with Crippen molar-refractivity contribution in [1.82, 2.24) is 5.32 Å². The second-order valence-electron chi connectivity index (χ2n) is 4.82. The molecule has 3 nitrogen and oxygen atoms in total. The zero-order valence-corrected chi connectivity index (χ0v) is 11.6. The number of hydrogen-bond acceptors (Lipinski definition) is 4. The Kier molecular flexibility index (Phi) is 5.35. The Morgan fingerprint density at radius 1 is 1.33 bits per heavy atom. The van der Waals surface area contributed by atoms with Crippen LogP contribution in [0.25, 0.3) is 0 Å². The van der Waals surface area contributed by atoms with E-state index in [1.807, 2.05) is 12.1 Å². The van der Waals surface area contributed by atoms with Crippen LogP contribution < -0.4 is 15.8 Å². The van der Waals surface area contributed by atoms with Gasteiger partial charge in [-0.3, -0.25) is 0 Å². The van der Waals surface area contributed by atoms with Crippen LogP contribution in [0.15, 0.2) is 23.1 Å². The molecule has 3 rings (SSSR count). The van der Waals surface area contributed by atoms with E-state index in [1.165, 1.54) is 31.5 Å². The fraction of sp³-hybridized carbons (Fsp3) is 0.571. The zero-order chi connectivity index (χ0) is 12.8. The number of piperidine rings is 1. The minimum absolute atomic E-state index is 0.802. The molecule has 1 saturated heterocycles. The molecule has 18 heavy (non-hydrogen) atoms. The minimum atomic E-state index is 0.802. The second-order valence-corrected chi connectivity index (χ2v) is 5.34. The lowest BCUT2D eigenvalue weighted by Gasteiger charge is -2.20. The van der Waals surface area contributed by atoms with Gasteiger partial charge in [0.25, 0.3) is 0 Å². The Hall–Kier alpha value is -0.710. The number of benzene rings is 1. The normalized spacial score (nSPS) is 18.6. The molecular weight excluding hydrogens is 244 g/mol. The van der Waals surface area contributed by atoms with Gasteiger partial charge in [-0.1, -0.05) is 6.07 Å². The van der Waals surface area contributed by atoms with Gasteiger partial charge in [0.1, 0.15) is 5.75 Å². The van der Waals surface area contributed by atoms with Gasteiger partial charge in [0.15, 0.2) is 0 Å². The predicted molar refractivity (Wildman–Crippen MR) is 77.5 cm³/mol. The third kappa shape index (κ3) is 3.90. The van der Waals surface area contributed by atoms with Gasteiger partial charge in [0.2, 0.25) is 0 Å². The fourth-order valence-corrected chi connectivity index (χ4v) is 2.46. The molecule has 0 spiro atoms. The fourth-order valence-electron chi connectivity index (χ4n) is 2.27. The van der Waals surface area contributed by atoms with Crippen molar-refractivity contribution in [3.05, 3.63) is 23.8 Å². The zero-order valence-electron chi connectivity index (χ0n) is 10.7.